The second-order valence-corrected chi connectivity index (χ2v) is 7.09. The van der Waals surface area contributed by atoms with Gasteiger partial charge in [-0.3, -0.25) is 9.89 Å². The van der Waals surface area contributed by atoms with Gasteiger partial charge < -0.3 is 19.7 Å². The van der Waals surface area contributed by atoms with Crippen LogP contribution < -0.4 is 19.7 Å². The maximum atomic E-state index is 13.1. The highest BCUT2D eigenvalue weighted by Gasteiger charge is 2.27. The fraction of sp³-hybridized carbons (Fsp3) is 0.273. The molecule has 0 radical (unpaired) electrons. The summed E-state index contributed by atoms with van der Waals surface area (Å²) in [5.74, 6) is 1.26. The summed E-state index contributed by atoms with van der Waals surface area (Å²) in [6.07, 6.45) is 0.802. The zero-order valence-corrected chi connectivity index (χ0v) is 16.8. The van der Waals surface area contributed by atoms with Crippen molar-refractivity contribution in [2.24, 2.45) is 0 Å². The molecule has 1 aliphatic heterocycles. The number of nitrogens with one attached hydrogen (secondary N) is 2. The van der Waals surface area contributed by atoms with Gasteiger partial charge in [0.05, 0.1) is 25.5 Å². The number of carbonyl (C=O) groups excluding carboxylic acids is 1. The number of nitrogens with zero attached hydrogens (tertiary/aromatic N) is 2. The quantitative estimate of drug-likeness (QED) is 0.652. The third-order valence-electron chi connectivity index (χ3n) is 5.21. The predicted molar refractivity (Wildman–Crippen MR) is 112 cm³/mol. The summed E-state index contributed by atoms with van der Waals surface area (Å²) in [7, 11) is 3.06. The molecule has 0 bridgehead atoms. The molecule has 8 heteroatoms. The summed E-state index contributed by atoms with van der Waals surface area (Å²) in [6, 6.07) is 13.4. The van der Waals surface area contributed by atoms with Crippen molar-refractivity contribution < 1.29 is 18.7 Å². The van der Waals surface area contributed by atoms with Crippen molar-refractivity contribution in [3.05, 3.63) is 59.9 Å². The molecule has 7 nitrogen and oxygen atoms in total. The molecule has 4 rings (SSSR count). The van der Waals surface area contributed by atoms with Gasteiger partial charge in [-0.15, -0.1) is 0 Å². The fourth-order valence-electron chi connectivity index (χ4n) is 3.67. The smallest absolute Gasteiger partial charge is 0.255 e. The van der Waals surface area contributed by atoms with Gasteiger partial charge in [0.2, 0.25) is 0 Å². The van der Waals surface area contributed by atoms with E-state index in [1.54, 1.807) is 37.4 Å². The van der Waals surface area contributed by atoms with Gasteiger partial charge in [-0.2, -0.15) is 5.10 Å². The second kappa shape index (κ2) is 8.44. The number of benzene rings is 2. The molecule has 1 amide bonds. The highest BCUT2D eigenvalue weighted by molar-refractivity contribution is 5.98. The lowest BCUT2D eigenvalue weighted by Gasteiger charge is -2.17. The first-order valence-corrected chi connectivity index (χ1v) is 9.67. The Kier molecular flexibility index (Phi) is 5.56. The van der Waals surface area contributed by atoms with E-state index < -0.39 is 0 Å². The summed E-state index contributed by atoms with van der Waals surface area (Å²) in [5.41, 5.74) is 2.12. The van der Waals surface area contributed by atoms with E-state index in [0.717, 1.165) is 30.0 Å². The Hall–Kier alpha value is -3.55. The molecule has 1 unspecified atom stereocenters. The van der Waals surface area contributed by atoms with Crippen molar-refractivity contribution in [3.63, 3.8) is 0 Å². The van der Waals surface area contributed by atoms with Crippen molar-refractivity contribution >= 4 is 11.7 Å². The van der Waals surface area contributed by atoms with Crippen LogP contribution in [0, 0.1) is 5.82 Å². The van der Waals surface area contributed by atoms with Gasteiger partial charge >= 0.3 is 0 Å². The van der Waals surface area contributed by atoms with Crippen LogP contribution in [0.15, 0.2) is 48.5 Å². The number of aromatic amines is 1. The van der Waals surface area contributed by atoms with Gasteiger partial charge in [-0.05, 0) is 48.4 Å². The number of para-hydroxylation sites is 1. The monoisotopic (exact) mass is 410 g/mol. The fourth-order valence-corrected chi connectivity index (χ4v) is 3.67. The number of anilines is 1. The number of hydrogen-bond acceptors (Lipinski definition) is 5. The molecule has 3 aromatic rings. The van der Waals surface area contributed by atoms with Gasteiger partial charge in [0.25, 0.3) is 5.91 Å². The van der Waals surface area contributed by atoms with Crippen molar-refractivity contribution in [2.45, 2.75) is 12.5 Å². The Labute approximate surface area is 173 Å². The molecule has 1 fully saturated rings. The van der Waals surface area contributed by atoms with Crippen LogP contribution in [0.5, 0.6) is 11.5 Å². The van der Waals surface area contributed by atoms with Gasteiger partial charge in [-0.1, -0.05) is 6.07 Å². The second-order valence-electron chi connectivity index (χ2n) is 7.09. The number of carbonyl (C=O) groups is 1. The first kappa shape index (κ1) is 19.8. The third-order valence-corrected chi connectivity index (χ3v) is 5.21. The molecular formula is C22H23FN4O3. The number of amides is 1. The van der Waals surface area contributed by atoms with E-state index in [9.17, 15) is 9.18 Å². The highest BCUT2D eigenvalue weighted by Crippen LogP contribution is 2.31. The standard InChI is InChI=1S/C22H23FN4O3/c1-29-19-5-3-4-17(21(19)30-2)22(28)24-16-10-11-27(13-16)20-12-18(25-26-20)14-6-8-15(23)9-7-14/h3-9,12,16H,10-11,13H2,1-2H3,(H,24,28)(H,25,26). The first-order chi connectivity index (χ1) is 14.6. The SMILES string of the molecule is COc1cccc(C(=O)NC2CCN(c3cc(-c4ccc(F)cc4)[nH]n3)C2)c1OC. The summed E-state index contributed by atoms with van der Waals surface area (Å²) in [6.45, 7) is 1.42. The lowest BCUT2D eigenvalue weighted by atomic mass is 10.1. The maximum Gasteiger partial charge on any atom is 0.255 e. The van der Waals surface area contributed by atoms with Crippen LogP contribution in [-0.2, 0) is 0 Å². The Morgan fingerprint density at radius 2 is 2.00 bits per heavy atom. The van der Waals surface area contributed by atoms with E-state index in [1.165, 1.54) is 19.2 Å². The number of halogens is 1. The van der Waals surface area contributed by atoms with Crippen LogP contribution in [0.4, 0.5) is 10.2 Å². The van der Waals surface area contributed by atoms with E-state index in [4.69, 9.17) is 9.47 Å². The molecule has 1 saturated heterocycles. The summed E-state index contributed by atoms with van der Waals surface area (Å²) in [4.78, 5) is 14.9. The largest absolute Gasteiger partial charge is 0.493 e. The van der Waals surface area contributed by atoms with Crippen LogP contribution in [-0.4, -0.2) is 49.5 Å². The number of hydrogen-bond donors (Lipinski definition) is 2. The molecule has 1 aliphatic rings. The Balaban J connectivity index is 1.42. The van der Waals surface area contributed by atoms with E-state index in [-0.39, 0.29) is 17.8 Å². The lowest BCUT2D eigenvalue weighted by Crippen LogP contribution is -2.37. The zero-order valence-electron chi connectivity index (χ0n) is 16.8. The van der Waals surface area contributed by atoms with Crippen LogP contribution in [0.25, 0.3) is 11.3 Å². The minimum Gasteiger partial charge on any atom is -0.493 e. The van der Waals surface area contributed by atoms with Gasteiger partial charge in [0.15, 0.2) is 17.3 Å². The van der Waals surface area contributed by atoms with Crippen molar-refractivity contribution in [3.8, 4) is 22.8 Å². The topological polar surface area (TPSA) is 79.5 Å². The van der Waals surface area contributed by atoms with E-state index in [1.807, 2.05) is 6.07 Å². The van der Waals surface area contributed by atoms with Crippen LogP contribution in [0.1, 0.15) is 16.8 Å². The van der Waals surface area contributed by atoms with Crippen molar-refractivity contribution in [1.29, 1.82) is 0 Å². The molecule has 0 saturated carbocycles. The molecule has 2 heterocycles. The summed E-state index contributed by atoms with van der Waals surface area (Å²) >= 11 is 0. The molecule has 1 atom stereocenters. The van der Waals surface area contributed by atoms with Crippen molar-refractivity contribution in [2.75, 3.05) is 32.2 Å². The highest BCUT2D eigenvalue weighted by atomic mass is 19.1. The number of aromatic nitrogens is 2. The Bertz CT molecular complexity index is 1040. The lowest BCUT2D eigenvalue weighted by molar-refractivity contribution is 0.0936. The maximum absolute atomic E-state index is 13.1. The molecule has 1 aromatic heterocycles. The Morgan fingerprint density at radius 1 is 1.20 bits per heavy atom. The number of methoxy groups -OCH3 is 2. The van der Waals surface area contributed by atoms with Gasteiger partial charge in [0.1, 0.15) is 5.82 Å². The van der Waals surface area contributed by atoms with E-state index in [0.29, 0.717) is 23.6 Å². The van der Waals surface area contributed by atoms with E-state index in [2.05, 4.69) is 20.4 Å². The van der Waals surface area contributed by atoms with Crippen LogP contribution in [0.3, 0.4) is 0 Å². The molecule has 156 valence electrons. The average Bonchev–Trinajstić information content (AvgIpc) is 3.43. The van der Waals surface area contributed by atoms with E-state index >= 15 is 0 Å². The average molecular weight is 410 g/mol. The third kappa shape index (κ3) is 3.94. The zero-order chi connectivity index (χ0) is 21.1. The summed E-state index contributed by atoms with van der Waals surface area (Å²) < 4.78 is 23.8. The minimum absolute atomic E-state index is 0.0145. The van der Waals surface area contributed by atoms with Crippen LogP contribution in [0.2, 0.25) is 0 Å². The van der Waals surface area contributed by atoms with Gasteiger partial charge in [-0.25, -0.2) is 4.39 Å². The van der Waals surface area contributed by atoms with Gasteiger partial charge in [0, 0.05) is 25.2 Å². The molecule has 30 heavy (non-hydrogen) atoms. The molecule has 0 aliphatic carbocycles. The predicted octanol–water partition coefficient (Wildman–Crippen LogP) is 3.24. The minimum atomic E-state index is -0.274. The van der Waals surface area contributed by atoms with Crippen LogP contribution >= 0.6 is 0 Å². The number of H-pyrrole nitrogens is 1. The normalized spacial score (nSPS) is 15.8. The first-order valence-electron chi connectivity index (χ1n) is 9.67. The summed E-state index contributed by atoms with van der Waals surface area (Å²) in [5, 5.41) is 10.4. The number of rotatable bonds is 6. The Morgan fingerprint density at radius 3 is 2.73 bits per heavy atom. The molecular weight excluding hydrogens is 387 g/mol. The molecule has 0 spiro atoms. The van der Waals surface area contributed by atoms with Crippen molar-refractivity contribution in [1.82, 2.24) is 15.5 Å². The number of ether oxygens (including phenoxy) is 2. The molecule has 2 N–H and O–H groups in total. The molecule has 2 aromatic carbocycles.